The number of aryl methyl sites for hydroxylation is 1. The monoisotopic (exact) mass is 305 g/mol. The van der Waals surface area contributed by atoms with Gasteiger partial charge in [-0.3, -0.25) is 9.78 Å². The van der Waals surface area contributed by atoms with Gasteiger partial charge in [0.2, 0.25) is 0 Å². The standard InChI is InChI=1S/C16H16ClNO3/c1-10-7-18-14(11(2)15(10)20-3)9-21-16-12(8-19)5-4-6-13(16)17/h4-8H,9H2,1-3H3. The van der Waals surface area contributed by atoms with Crippen molar-refractivity contribution >= 4 is 17.9 Å². The number of carbonyl (C=O) groups excluding carboxylic acids is 1. The maximum atomic E-state index is 11.0. The normalized spacial score (nSPS) is 10.3. The molecule has 0 bridgehead atoms. The van der Waals surface area contributed by atoms with Crippen molar-refractivity contribution in [2.24, 2.45) is 0 Å². The number of hydrogen-bond donors (Lipinski definition) is 0. The van der Waals surface area contributed by atoms with E-state index in [-0.39, 0.29) is 6.61 Å². The Hall–Kier alpha value is -2.07. The molecule has 0 spiro atoms. The zero-order chi connectivity index (χ0) is 15.4. The van der Waals surface area contributed by atoms with Gasteiger partial charge in [-0.1, -0.05) is 17.7 Å². The van der Waals surface area contributed by atoms with Gasteiger partial charge in [-0.2, -0.15) is 0 Å². The van der Waals surface area contributed by atoms with Gasteiger partial charge in [-0.15, -0.1) is 0 Å². The second-order valence-corrected chi connectivity index (χ2v) is 5.02. The molecule has 0 aliphatic carbocycles. The maximum Gasteiger partial charge on any atom is 0.153 e. The summed E-state index contributed by atoms with van der Waals surface area (Å²) in [7, 11) is 1.62. The molecular formula is C16H16ClNO3. The second-order valence-electron chi connectivity index (χ2n) is 4.61. The minimum absolute atomic E-state index is 0.215. The van der Waals surface area contributed by atoms with Crippen molar-refractivity contribution < 1.29 is 14.3 Å². The van der Waals surface area contributed by atoms with Crippen LogP contribution in [-0.2, 0) is 6.61 Å². The third-order valence-electron chi connectivity index (χ3n) is 3.23. The van der Waals surface area contributed by atoms with Gasteiger partial charge in [0, 0.05) is 17.3 Å². The highest BCUT2D eigenvalue weighted by molar-refractivity contribution is 6.32. The number of rotatable bonds is 5. The molecule has 0 aliphatic rings. The van der Waals surface area contributed by atoms with E-state index >= 15 is 0 Å². The van der Waals surface area contributed by atoms with Crippen LogP contribution < -0.4 is 9.47 Å². The molecule has 110 valence electrons. The smallest absolute Gasteiger partial charge is 0.153 e. The molecule has 0 aliphatic heterocycles. The average molecular weight is 306 g/mol. The lowest BCUT2D eigenvalue weighted by atomic mass is 10.1. The number of methoxy groups -OCH3 is 1. The van der Waals surface area contributed by atoms with E-state index in [2.05, 4.69) is 4.98 Å². The van der Waals surface area contributed by atoms with E-state index < -0.39 is 0 Å². The van der Waals surface area contributed by atoms with E-state index in [1.165, 1.54) is 0 Å². The SMILES string of the molecule is COc1c(C)cnc(COc2c(Cl)cccc2C=O)c1C. The highest BCUT2D eigenvalue weighted by Crippen LogP contribution is 2.29. The van der Waals surface area contributed by atoms with E-state index in [1.807, 2.05) is 13.8 Å². The van der Waals surface area contributed by atoms with Crippen molar-refractivity contribution in [2.75, 3.05) is 7.11 Å². The third kappa shape index (κ3) is 3.16. The number of carbonyl (C=O) groups is 1. The van der Waals surface area contributed by atoms with Crippen molar-refractivity contribution in [3.8, 4) is 11.5 Å². The van der Waals surface area contributed by atoms with Crippen LogP contribution in [0.25, 0.3) is 0 Å². The first kappa shape index (κ1) is 15.3. The Kier molecular flexibility index (Phi) is 4.81. The van der Waals surface area contributed by atoms with Crippen LogP contribution in [0.15, 0.2) is 24.4 Å². The first-order valence-electron chi connectivity index (χ1n) is 6.44. The molecule has 2 aromatic rings. The average Bonchev–Trinajstić information content (AvgIpc) is 2.48. The summed E-state index contributed by atoms with van der Waals surface area (Å²) in [6.45, 7) is 4.07. The molecule has 0 amide bonds. The van der Waals surface area contributed by atoms with Crippen LogP contribution in [0.2, 0.25) is 5.02 Å². The summed E-state index contributed by atoms with van der Waals surface area (Å²) in [5, 5.41) is 0.399. The fraction of sp³-hybridized carbons (Fsp3) is 0.250. The summed E-state index contributed by atoms with van der Waals surface area (Å²) in [6, 6.07) is 5.04. The molecule has 0 unspecified atom stereocenters. The van der Waals surface area contributed by atoms with Crippen molar-refractivity contribution in [2.45, 2.75) is 20.5 Å². The molecule has 1 aromatic heterocycles. The lowest BCUT2D eigenvalue weighted by Gasteiger charge is -2.14. The third-order valence-corrected chi connectivity index (χ3v) is 3.53. The number of aromatic nitrogens is 1. The lowest BCUT2D eigenvalue weighted by Crippen LogP contribution is -2.05. The van der Waals surface area contributed by atoms with Crippen LogP contribution in [0.1, 0.15) is 27.2 Å². The molecule has 0 saturated carbocycles. The Morgan fingerprint density at radius 1 is 1.29 bits per heavy atom. The van der Waals surface area contributed by atoms with Crippen molar-refractivity contribution in [3.63, 3.8) is 0 Å². The summed E-state index contributed by atoms with van der Waals surface area (Å²) >= 11 is 6.07. The summed E-state index contributed by atoms with van der Waals surface area (Å²) in [6.07, 6.45) is 2.45. The van der Waals surface area contributed by atoms with Gasteiger partial charge in [0.25, 0.3) is 0 Å². The zero-order valence-electron chi connectivity index (χ0n) is 12.1. The fourth-order valence-corrected chi connectivity index (χ4v) is 2.36. The molecular weight excluding hydrogens is 290 g/mol. The Bertz CT molecular complexity index is 671. The van der Waals surface area contributed by atoms with E-state index in [9.17, 15) is 4.79 Å². The summed E-state index contributed by atoms with van der Waals surface area (Å²) in [5.74, 6) is 1.16. The highest BCUT2D eigenvalue weighted by Gasteiger charge is 2.12. The lowest BCUT2D eigenvalue weighted by molar-refractivity contribution is 0.111. The number of pyridine rings is 1. The number of hydrogen-bond acceptors (Lipinski definition) is 4. The predicted octanol–water partition coefficient (Wildman–Crippen LogP) is 3.75. The van der Waals surface area contributed by atoms with Gasteiger partial charge in [0.05, 0.1) is 23.4 Å². The summed E-state index contributed by atoms with van der Waals surface area (Å²) in [5.41, 5.74) is 3.04. The highest BCUT2D eigenvalue weighted by atomic mass is 35.5. The van der Waals surface area contributed by atoms with Gasteiger partial charge >= 0.3 is 0 Å². The zero-order valence-corrected chi connectivity index (χ0v) is 12.9. The van der Waals surface area contributed by atoms with E-state index in [0.717, 1.165) is 28.9 Å². The molecule has 2 rings (SSSR count). The summed E-state index contributed by atoms with van der Waals surface area (Å²) in [4.78, 5) is 15.4. The van der Waals surface area contributed by atoms with Crippen molar-refractivity contribution in [1.82, 2.24) is 4.98 Å². The van der Waals surface area contributed by atoms with E-state index in [4.69, 9.17) is 21.1 Å². The number of aldehydes is 1. The van der Waals surface area contributed by atoms with Crippen LogP contribution in [0.3, 0.4) is 0 Å². The molecule has 1 aromatic carbocycles. The Balaban J connectivity index is 2.27. The Morgan fingerprint density at radius 3 is 2.71 bits per heavy atom. The number of halogens is 1. The topological polar surface area (TPSA) is 48.4 Å². The molecule has 0 N–H and O–H groups in total. The van der Waals surface area contributed by atoms with Gasteiger partial charge < -0.3 is 9.47 Å². The fourth-order valence-electron chi connectivity index (χ4n) is 2.13. The second kappa shape index (κ2) is 6.59. The van der Waals surface area contributed by atoms with Gasteiger partial charge in [-0.25, -0.2) is 0 Å². The van der Waals surface area contributed by atoms with Crippen LogP contribution >= 0.6 is 11.6 Å². The largest absolute Gasteiger partial charge is 0.496 e. The van der Waals surface area contributed by atoms with Crippen molar-refractivity contribution in [1.29, 1.82) is 0 Å². The Morgan fingerprint density at radius 2 is 2.05 bits per heavy atom. The first-order valence-corrected chi connectivity index (χ1v) is 6.81. The minimum Gasteiger partial charge on any atom is -0.496 e. The van der Waals surface area contributed by atoms with Crippen LogP contribution in [0.4, 0.5) is 0 Å². The molecule has 0 atom stereocenters. The molecule has 21 heavy (non-hydrogen) atoms. The van der Waals surface area contributed by atoms with Crippen LogP contribution in [-0.4, -0.2) is 18.4 Å². The van der Waals surface area contributed by atoms with Crippen LogP contribution in [0, 0.1) is 13.8 Å². The molecule has 5 heteroatoms. The first-order chi connectivity index (χ1) is 10.1. The molecule has 4 nitrogen and oxygen atoms in total. The molecule has 1 heterocycles. The number of para-hydroxylation sites is 1. The minimum atomic E-state index is 0.215. The van der Waals surface area contributed by atoms with Crippen LogP contribution in [0.5, 0.6) is 11.5 Å². The quantitative estimate of drug-likeness (QED) is 0.789. The van der Waals surface area contributed by atoms with Crippen molar-refractivity contribution in [3.05, 3.63) is 51.8 Å². The molecule has 0 saturated heterocycles. The van der Waals surface area contributed by atoms with E-state index in [0.29, 0.717) is 16.3 Å². The Labute approximate surface area is 128 Å². The number of ether oxygens (including phenoxy) is 2. The number of benzene rings is 1. The summed E-state index contributed by atoms with van der Waals surface area (Å²) < 4.78 is 11.0. The predicted molar refractivity (Wildman–Crippen MR) is 81.4 cm³/mol. The maximum absolute atomic E-state index is 11.0. The van der Waals surface area contributed by atoms with Gasteiger partial charge in [0.1, 0.15) is 18.1 Å². The van der Waals surface area contributed by atoms with Gasteiger partial charge in [-0.05, 0) is 26.0 Å². The van der Waals surface area contributed by atoms with Gasteiger partial charge in [0.15, 0.2) is 6.29 Å². The molecule has 0 fully saturated rings. The molecule has 0 radical (unpaired) electrons. The number of nitrogens with zero attached hydrogens (tertiary/aromatic N) is 1. The van der Waals surface area contributed by atoms with E-state index in [1.54, 1.807) is 31.5 Å².